The molecule has 0 saturated heterocycles. The molecule has 5 rings (SSSR count). The molecule has 2 aromatic carbocycles. The molecule has 2 aromatic heterocycles. The van der Waals surface area contributed by atoms with E-state index in [1.807, 2.05) is 18.2 Å². The van der Waals surface area contributed by atoms with Crippen molar-refractivity contribution in [2.75, 3.05) is 6.61 Å². The van der Waals surface area contributed by atoms with Gasteiger partial charge in [-0.2, -0.15) is 5.10 Å². The van der Waals surface area contributed by atoms with Gasteiger partial charge in [0.2, 0.25) is 0 Å². The Morgan fingerprint density at radius 1 is 1.17 bits per heavy atom. The SMILES string of the molecule is Cn1nc(-c2c(F)cccc2Cl)nc1-c1cc(-c2ccc3c(c2)CCO3)sc1Cl. The van der Waals surface area contributed by atoms with E-state index < -0.39 is 5.82 Å². The number of benzene rings is 2. The van der Waals surface area contributed by atoms with Gasteiger partial charge in [0.25, 0.3) is 0 Å². The fourth-order valence-electron chi connectivity index (χ4n) is 3.44. The molecular weight excluding hydrogens is 432 g/mol. The highest BCUT2D eigenvalue weighted by Gasteiger charge is 2.21. The number of halogens is 3. The maximum atomic E-state index is 14.3. The summed E-state index contributed by atoms with van der Waals surface area (Å²) in [7, 11) is 1.75. The van der Waals surface area contributed by atoms with Crippen molar-refractivity contribution in [2.24, 2.45) is 7.05 Å². The number of fused-ring (bicyclic) bond motifs is 1. The van der Waals surface area contributed by atoms with Crippen LogP contribution in [-0.4, -0.2) is 21.4 Å². The Bertz CT molecular complexity index is 1230. The van der Waals surface area contributed by atoms with Crippen molar-refractivity contribution in [3.63, 3.8) is 0 Å². The Labute approximate surface area is 180 Å². The van der Waals surface area contributed by atoms with E-state index in [9.17, 15) is 4.39 Å². The lowest BCUT2D eigenvalue weighted by Crippen LogP contribution is -1.94. The van der Waals surface area contributed by atoms with Crippen molar-refractivity contribution in [3.8, 4) is 39.0 Å². The molecule has 146 valence electrons. The van der Waals surface area contributed by atoms with Crippen LogP contribution in [0.2, 0.25) is 9.36 Å². The molecule has 0 spiro atoms. The number of aromatic nitrogens is 3. The van der Waals surface area contributed by atoms with Crippen LogP contribution in [0.4, 0.5) is 4.39 Å². The van der Waals surface area contributed by atoms with E-state index in [1.54, 1.807) is 23.9 Å². The first-order chi connectivity index (χ1) is 14.0. The Balaban J connectivity index is 1.57. The molecule has 0 saturated carbocycles. The van der Waals surface area contributed by atoms with Crippen LogP contribution in [0.1, 0.15) is 5.56 Å². The zero-order valence-electron chi connectivity index (χ0n) is 15.2. The van der Waals surface area contributed by atoms with E-state index in [2.05, 4.69) is 16.1 Å². The van der Waals surface area contributed by atoms with E-state index in [0.29, 0.717) is 10.2 Å². The quantitative estimate of drug-likeness (QED) is 0.373. The standard InChI is InChI=1S/C21H14Cl2FN3OS/c1-27-21(25-20(26-27)18-14(22)3-2-4-15(18)24)13-10-17(29-19(13)23)12-5-6-16-11(9-12)7-8-28-16/h2-6,9-10H,7-8H2,1H3. The van der Waals surface area contributed by atoms with Gasteiger partial charge in [0.05, 0.1) is 17.2 Å². The van der Waals surface area contributed by atoms with Gasteiger partial charge in [-0.3, -0.25) is 0 Å². The Hall–Kier alpha value is -2.41. The lowest BCUT2D eigenvalue weighted by atomic mass is 10.1. The Morgan fingerprint density at radius 3 is 2.86 bits per heavy atom. The fourth-order valence-corrected chi connectivity index (χ4v) is 4.95. The molecule has 0 amide bonds. The molecule has 0 radical (unpaired) electrons. The molecule has 0 N–H and O–H groups in total. The highest BCUT2D eigenvalue weighted by molar-refractivity contribution is 7.20. The fraction of sp³-hybridized carbons (Fsp3) is 0.143. The van der Waals surface area contributed by atoms with Crippen LogP contribution in [0, 0.1) is 5.82 Å². The zero-order chi connectivity index (χ0) is 20.1. The number of ether oxygens (including phenoxy) is 1. The summed E-state index contributed by atoms with van der Waals surface area (Å²) in [4.78, 5) is 5.55. The highest BCUT2D eigenvalue weighted by atomic mass is 35.5. The predicted octanol–water partition coefficient (Wildman–Crippen LogP) is 6.26. The zero-order valence-corrected chi connectivity index (χ0v) is 17.6. The number of nitrogens with zero attached hydrogens (tertiary/aromatic N) is 3. The normalized spacial score (nSPS) is 12.8. The third kappa shape index (κ3) is 3.21. The average Bonchev–Trinajstić information content (AvgIpc) is 3.39. The predicted molar refractivity (Wildman–Crippen MR) is 114 cm³/mol. The second-order valence-corrected chi connectivity index (χ2v) is 8.76. The van der Waals surface area contributed by atoms with Crippen LogP contribution >= 0.6 is 34.5 Å². The summed E-state index contributed by atoms with van der Waals surface area (Å²) in [5, 5.41) is 4.62. The van der Waals surface area contributed by atoms with E-state index >= 15 is 0 Å². The third-order valence-electron chi connectivity index (χ3n) is 4.85. The summed E-state index contributed by atoms with van der Waals surface area (Å²) in [6.07, 6.45) is 0.908. The molecule has 0 bridgehead atoms. The van der Waals surface area contributed by atoms with Crippen LogP contribution in [0.25, 0.3) is 33.2 Å². The lowest BCUT2D eigenvalue weighted by Gasteiger charge is -2.01. The second kappa shape index (κ2) is 7.13. The summed E-state index contributed by atoms with van der Waals surface area (Å²) in [6.45, 7) is 0.718. The molecular formula is C21H14Cl2FN3OS. The molecule has 1 aliphatic heterocycles. The minimum absolute atomic E-state index is 0.182. The first kappa shape index (κ1) is 18.6. The van der Waals surface area contributed by atoms with Gasteiger partial charge in [-0.25, -0.2) is 14.1 Å². The summed E-state index contributed by atoms with van der Waals surface area (Å²) in [5.74, 6) is 1.25. The van der Waals surface area contributed by atoms with Crippen LogP contribution in [0.3, 0.4) is 0 Å². The molecule has 29 heavy (non-hydrogen) atoms. The Kier molecular flexibility index (Phi) is 4.57. The molecule has 0 fully saturated rings. The van der Waals surface area contributed by atoms with Crippen molar-refractivity contribution in [1.82, 2.24) is 14.8 Å². The Morgan fingerprint density at radius 2 is 2.03 bits per heavy atom. The molecule has 4 aromatic rings. The molecule has 8 heteroatoms. The van der Waals surface area contributed by atoms with Gasteiger partial charge in [0, 0.05) is 23.9 Å². The van der Waals surface area contributed by atoms with Crippen LogP contribution in [-0.2, 0) is 13.5 Å². The maximum Gasteiger partial charge on any atom is 0.186 e. The van der Waals surface area contributed by atoms with Crippen molar-refractivity contribution in [1.29, 1.82) is 0 Å². The van der Waals surface area contributed by atoms with Crippen molar-refractivity contribution < 1.29 is 9.13 Å². The van der Waals surface area contributed by atoms with E-state index in [4.69, 9.17) is 27.9 Å². The first-order valence-corrected chi connectivity index (χ1v) is 10.5. The molecule has 1 aliphatic rings. The van der Waals surface area contributed by atoms with Crippen LogP contribution in [0.5, 0.6) is 5.75 Å². The molecule has 0 atom stereocenters. The topological polar surface area (TPSA) is 39.9 Å². The number of aryl methyl sites for hydroxylation is 1. The van der Waals surface area contributed by atoms with Gasteiger partial charge in [0.15, 0.2) is 11.6 Å². The second-order valence-electron chi connectivity index (χ2n) is 6.70. The number of hydrogen-bond donors (Lipinski definition) is 0. The van der Waals surface area contributed by atoms with Crippen molar-refractivity contribution >= 4 is 34.5 Å². The number of hydrogen-bond acceptors (Lipinski definition) is 4. The molecule has 4 nitrogen and oxygen atoms in total. The van der Waals surface area contributed by atoms with Crippen LogP contribution in [0.15, 0.2) is 42.5 Å². The van der Waals surface area contributed by atoms with Gasteiger partial charge in [-0.1, -0.05) is 29.3 Å². The van der Waals surface area contributed by atoms with Crippen molar-refractivity contribution in [3.05, 3.63) is 63.2 Å². The minimum atomic E-state index is -0.466. The van der Waals surface area contributed by atoms with Gasteiger partial charge in [-0.05, 0) is 47.5 Å². The molecule has 3 heterocycles. The van der Waals surface area contributed by atoms with Crippen molar-refractivity contribution in [2.45, 2.75) is 6.42 Å². The molecule has 0 unspecified atom stereocenters. The van der Waals surface area contributed by atoms with Gasteiger partial charge >= 0.3 is 0 Å². The summed E-state index contributed by atoms with van der Waals surface area (Å²) in [6, 6.07) is 12.6. The van der Waals surface area contributed by atoms with Gasteiger partial charge in [0.1, 0.15) is 15.9 Å². The highest BCUT2D eigenvalue weighted by Crippen LogP contribution is 2.42. The van der Waals surface area contributed by atoms with E-state index in [0.717, 1.165) is 34.8 Å². The summed E-state index contributed by atoms with van der Waals surface area (Å²) >= 11 is 14.2. The third-order valence-corrected chi connectivity index (χ3v) is 6.57. The summed E-state index contributed by atoms with van der Waals surface area (Å²) < 4.78 is 22.1. The van der Waals surface area contributed by atoms with Gasteiger partial charge in [-0.15, -0.1) is 11.3 Å². The maximum absolute atomic E-state index is 14.3. The smallest absolute Gasteiger partial charge is 0.186 e. The average molecular weight is 446 g/mol. The number of thiophene rings is 1. The van der Waals surface area contributed by atoms with Gasteiger partial charge < -0.3 is 4.74 Å². The van der Waals surface area contributed by atoms with E-state index in [1.165, 1.54) is 23.0 Å². The van der Waals surface area contributed by atoms with Crippen LogP contribution < -0.4 is 4.74 Å². The number of rotatable bonds is 3. The summed E-state index contributed by atoms with van der Waals surface area (Å²) in [5.41, 5.74) is 3.20. The van der Waals surface area contributed by atoms with E-state index in [-0.39, 0.29) is 16.4 Å². The first-order valence-electron chi connectivity index (χ1n) is 8.92. The minimum Gasteiger partial charge on any atom is -0.493 e. The monoisotopic (exact) mass is 445 g/mol. The largest absolute Gasteiger partial charge is 0.493 e. The molecule has 0 aliphatic carbocycles. The lowest BCUT2D eigenvalue weighted by molar-refractivity contribution is 0.357.